The smallest absolute Gasteiger partial charge is 0.328 e. The Kier molecular flexibility index (Phi) is 7.61. The van der Waals surface area contributed by atoms with E-state index in [2.05, 4.69) is 5.32 Å². The second-order valence-corrected chi connectivity index (χ2v) is 7.05. The highest BCUT2D eigenvalue weighted by Gasteiger charge is 2.23. The summed E-state index contributed by atoms with van der Waals surface area (Å²) in [4.78, 5) is 36.1. The van der Waals surface area contributed by atoms with E-state index in [9.17, 15) is 14.4 Å². The summed E-state index contributed by atoms with van der Waals surface area (Å²) in [6.07, 6.45) is 3.16. The molecule has 1 atom stereocenters. The van der Waals surface area contributed by atoms with Crippen LogP contribution in [0.5, 0.6) is 0 Å². The number of carbonyl (C=O) groups is 3. The van der Waals surface area contributed by atoms with Crippen LogP contribution in [0.1, 0.15) is 32.7 Å². The van der Waals surface area contributed by atoms with E-state index in [4.69, 9.17) is 4.74 Å². The zero-order valence-electron chi connectivity index (χ0n) is 15.7. The maximum Gasteiger partial charge on any atom is 0.328 e. The molecular weight excluding hydrogens is 362 g/mol. The molecule has 0 saturated heterocycles. The molecule has 142 valence electrons. The average Bonchev–Trinajstić information content (AvgIpc) is 2.70. The van der Waals surface area contributed by atoms with Gasteiger partial charge in [-0.1, -0.05) is 30.3 Å². The van der Waals surface area contributed by atoms with Crippen molar-refractivity contribution in [3.05, 3.63) is 59.2 Å². The van der Waals surface area contributed by atoms with Crippen LogP contribution >= 0.6 is 11.8 Å². The Hall–Kier alpha value is -2.60. The molecule has 6 heteroatoms. The van der Waals surface area contributed by atoms with Crippen LogP contribution in [0.3, 0.4) is 0 Å². The van der Waals surface area contributed by atoms with Crippen LogP contribution in [-0.4, -0.2) is 43.3 Å². The maximum absolute atomic E-state index is 12.9. The van der Waals surface area contributed by atoms with Crippen molar-refractivity contribution in [3.63, 3.8) is 0 Å². The van der Waals surface area contributed by atoms with Crippen molar-refractivity contribution in [2.24, 2.45) is 0 Å². The summed E-state index contributed by atoms with van der Waals surface area (Å²) in [6, 6.07) is 11.8. The molecule has 0 radical (unpaired) electrons. The summed E-state index contributed by atoms with van der Waals surface area (Å²) < 4.78 is 4.81. The molecule has 0 fully saturated rings. The first-order chi connectivity index (χ1) is 13.0. The summed E-state index contributed by atoms with van der Waals surface area (Å²) in [7, 11) is 1.30. The molecule has 27 heavy (non-hydrogen) atoms. The van der Waals surface area contributed by atoms with E-state index in [1.54, 1.807) is 30.0 Å². The van der Waals surface area contributed by atoms with Gasteiger partial charge in [-0.3, -0.25) is 9.59 Å². The van der Waals surface area contributed by atoms with Gasteiger partial charge < -0.3 is 10.1 Å². The summed E-state index contributed by atoms with van der Waals surface area (Å²) in [5.41, 5.74) is 3.40. The monoisotopic (exact) mass is 385 g/mol. The second kappa shape index (κ2) is 9.92. The number of nitrogens with one attached hydrogen (secondary N) is 1. The van der Waals surface area contributed by atoms with E-state index in [0.29, 0.717) is 23.1 Å². The predicted molar refractivity (Wildman–Crippen MR) is 108 cm³/mol. The van der Waals surface area contributed by atoms with Crippen molar-refractivity contribution < 1.29 is 19.1 Å². The van der Waals surface area contributed by atoms with Crippen LogP contribution in [0.15, 0.2) is 42.5 Å². The molecule has 0 aromatic heterocycles. The molecule has 2 aromatic rings. The van der Waals surface area contributed by atoms with Gasteiger partial charge in [0.25, 0.3) is 5.91 Å². The van der Waals surface area contributed by atoms with Crippen LogP contribution in [0.4, 0.5) is 0 Å². The Labute approximate surface area is 163 Å². The molecule has 0 saturated carbocycles. The van der Waals surface area contributed by atoms with Gasteiger partial charge in [-0.25, -0.2) is 4.79 Å². The Bertz CT molecular complexity index is 835. The standard InChI is InChI=1S/C21H23NO4S/c1-14-6-4-5-7-16(14)18-12-15(13-23)8-9-17(18)20(24)22-19(10-11-27-3)21(25)26-2/h4-9,12-13,19H,10-11H2,1-3H3,(H,22,24). The zero-order chi connectivity index (χ0) is 19.8. The molecule has 0 aliphatic rings. The normalized spacial score (nSPS) is 11.5. The number of aryl methyl sites for hydroxylation is 1. The number of methoxy groups -OCH3 is 1. The molecule has 1 amide bonds. The number of rotatable bonds is 8. The molecule has 2 rings (SSSR count). The van der Waals surface area contributed by atoms with Crippen molar-refractivity contribution >= 4 is 29.9 Å². The SMILES string of the molecule is COC(=O)C(CCSC)NC(=O)c1ccc(C=O)cc1-c1ccccc1C. The minimum atomic E-state index is -0.717. The molecule has 0 aliphatic heterocycles. The summed E-state index contributed by atoms with van der Waals surface area (Å²) in [5, 5.41) is 2.77. The number of esters is 1. The number of carbonyl (C=O) groups excluding carboxylic acids is 3. The van der Waals surface area contributed by atoms with E-state index in [1.807, 2.05) is 37.4 Å². The highest BCUT2D eigenvalue weighted by atomic mass is 32.2. The van der Waals surface area contributed by atoms with Gasteiger partial charge in [0.05, 0.1) is 7.11 Å². The number of hydrogen-bond acceptors (Lipinski definition) is 5. The quantitative estimate of drug-likeness (QED) is 0.556. The predicted octanol–water partition coefficient (Wildman–Crippen LogP) is 3.50. The lowest BCUT2D eigenvalue weighted by atomic mass is 9.94. The van der Waals surface area contributed by atoms with Crippen molar-refractivity contribution in [2.75, 3.05) is 19.1 Å². The molecule has 5 nitrogen and oxygen atoms in total. The van der Waals surface area contributed by atoms with Gasteiger partial charge in [0.1, 0.15) is 12.3 Å². The van der Waals surface area contributed by atoms with Crippen LogP contribution in [0, 0.1) is 6.92 Å². The third kappa shape index (κ3) is 5.20. The van der Waals surface area contributed by atoms with E-state index in [-0.39, 0.29) is 5.91 Å². The first kappa shape index (κ1) is 20.7. The average molecular weight is 385 g/mol. The summed E-state index contributed by atoms with van der Waals surface area (Å²) >= 11 is 1.59. The van der Waals surface area contributed by atoms with Crippen molar-refractivity contribution in [2.45, 2.75) is 19.4 Å². The highest BCUT2D eigenvalue weighted by Crippen LogP contribution is 2.28. The molecule has 0 spiro atoms. The van der Waals surface area contributed by atoms with E-state index < -0.39 is 12.0 Å². The fourth-order valence-corrected chi connectivity index (χ4v) is 3.27. The molecular formula is C21H23NO4S. The number of amides is 1. The van der Waals surface area contributed by atoms with E-state index >= 15 is 0 Å². The second-order valence-electron chi connectivity index (χ2n) is 6.07. The first-order valence-electron chi connectivity index (χ1n) is 8.54. The number of aldehydes is 1. The summed E-state index contributed by atoms with van der Waals surface area (Å²) in [6.45, 7) is 1.94. The van der Waals surface area contributed by atoms with Gasteiger partial charge in [0.15, 0.2) is 0 Å². The minimum absolute atomic E-state index is 0.373. The molecule has 0 aliphatic carbocycles. The van der Waals surface area contributed by atoms with E-state index in [1.165, 1.54) is 7.11 Å². The van der Waals surface area contributed by atoms with Gasteiger partial charge in [-0.2, -0.15) is 11.8 Å². The lowest BCUT2D eigenvalue weighted by molar-refractivity contribution is -0.142. The van der Waals surface area contributed by atoms with E-state index in [0.717, 1.165) is 23.2 Å². The molecule has 1 N–H and O–H groups in total. The fraction of sp³-hybridized carbons (Fsp3) is 0.286. The molecule has 0 heterocycles. The van der Waals surface area contributed by atoms with Gasteiger partial charge in [-0.05, 0) is 54.2 Å². The number of benzene rings is 2. The van der Waals surface area contributed by atoms with Crippen LogP contribution in [-0.2, 0) is 9.53 Å². The Morgan fingerprint density at radius 3 is 2.56 bits per heavy atom. The maximum atomic E-state index is 12.9. The molecule has 0 bridgehead atoms. The van der Waals surface area contributed by atoms with Crippen molar-refractivity contribution in [1.82, 2.24) is 5.32 Å². The number of ether oxygens (including phenoxy) is 1. The third-order valence-electron chi connectivity index (χ3n) is 4.26. The first-order valence-corrected chi connectivity index (χ1v) is 9.94. The topological polar surface area (TPSA) is 72.5 Å². The Morgan fingerprint density at radius 2 is 1.93 bits per heavy atom. The lowest BCUT2D eigenvalue weighted by Gasteiger charge is -2.18. The van der Waals surface area contributed by atoms with Gasteiger partial charge in [0.2, 0.25) is 0 Å². The summed E-state index contributed by atoms with van der Waals surface area (Å²) in [5.74, 6) is -0.129. The van der Waals surface area contributed by atoms with Gasteiger partial charge in [-0.15, -0.1) is 0 Å². The van der Waals surface area contributed by atoms with Crippen LogP contribution < -0.4 is 5.32 Å². The largest absolute Gasteiger partial charge is 0.467 e. The highest BCUT2D eigenvalue weighted by molar-refractivity contribution is 7.98. The Morgan fingerprint density at radius 1 is 1.19 bits per heavy atom. The van der Waals surface area contributed by atoms with Crippen molar-refractivity contribution in [3.8, 4) is 11.1 Å². The zero-order valence-corrected chi connectivity index (χ0v) is 16.5. The lowest BCUT2D eigenvalue weighted by Crippen LogP contribution is -2.42. The number of thioether (sulfide) groups is 1. The van der Waals surface area contributed by atoms with Crippen LogP contribution in [0.25, 0.3) is 11.1 Å². The molecule has 1 unspecified atom stereocenters. The molecule has 2 aromatic carbocycles. The van der Waals surface area contributed by atoms with Gasteiger partial charge in [0, 0.05) is 11.1 Å². The van der Waals surface area contributed by atoms with Gasteiger partial charge >= 0.3 is 5.97 Å². The number of hydrogen-bond donors (Lipinski definition) is 1. The Balaban J connectivity index is 2.41. The minimum Gasteiger partial charge on any atom is -0.467 e. The van der Waals surface area contributed by atoms with Crippen LogP contribution in [0.2, 0.25) is 0 Å². The fourth-order valence-electron chi connectivity index (χ4n) is 2.79. The third-order valence-corrected chi connectivity index (χ3v) is 4.91. The van der Waals surface area contributed by atoms with Crippen molar-refractivity contribution in [1.29, 1.82) is 0 Å².